The molecule has 2 nitrogen and oxygen atoms in total. The van der Waals surface area contributed by atoms with Gasteiger partial charge in [0.25, 0.3) is 0 Å². The van der Waals surface area contributed by atoms with Crippen molar-refractivity contribution in [2.45, 2.75) is 43.8 Å². The lowest BCUT2D eigenvalue weighted by Gasteiger charge is -2.32. The summed E-state index contributed by atoms with van der Waals surface area (Å²) in [4.78, 5) is 0. The Morgan fingerprint density at radius 3 is 2.33 bits per heavy atom. The lowest BCUT2D eigenvalue weighted by molar-refractivity contribution is 0.334. The van der Waals surface area contributed by atoms with Crippen molar-refractivity contribution in [2.24, 2.45) is 0 Å². The molecule has 2 aromatic rings. The van der Waals surface area contributed by atoms with Crippen molar-refractivity contribution in [3.05, 3.63) is 65.7 Å². The summed E-state index contributed by atoms with van der Waals surface area (Å²) < 4.78 is 0. The van der Waals surface area contributed by atoms with Crippen LogP contribution in [0.5, 0.6) is 0 Å². The highest BCUT2D eigenvalue weighted by molar-refractivity contribution is 5.57. The van der Waals surface area contributed by atoms with Crippen LogP contribution in [0, 0.1) is 0 Å². The Hall–Kier alpha value is -1.80. The Balaban J connectivity index is 1.78. The molecule has 0 amide bonds. The summed E-state index contributed by atoms with van der Waals surface area (Å²) in [5, 5.41) is 7.73. The van der Waals surface area contributed by atoms with Gasteiger partial charge in [-0.2, -0.15) is 0 Å². The van der Waals surface area contributed by atoms with Crippen LogP contribution in [0.4, 0.5) is 5.69 Å². The van der Waals surface area contributed by atoms with E-state index in [9.17, 15) is 0 Å². The summed E-state index contributed by atoms with van der Waals surface area (Å²) in [6.07, 6.45) is 5.23. The molecule has 3 atom stereocenters. The molecule has 0 radical (unpaired) electrons. The van der Waals surface area contributed by atoms with Crippen LogP contribution in [-0.4, -0.2) is 12.1 Å². The standard InChI is InChI=1S/C19H22N2/c1-2-8-14(9-3-1)19-15-10-4-5-11-16(15)20-17-12-6-7-13-18(17)21-19/h1-5,8-11,17-21H,6-7,12-13H2/t17-,18-,19-/m0/s1. The van der Waals surface area contributed by atoms with E-state index in [-0.39, 0.29) is 0 Å². The fourth-order valence-electron chi connectivity index (χ4n) is 3.81. The van der Waals surface area contributed by atoms with Crippen molar-refractivity contribution in [3.63, 3.8) is 0 Å². The van der Waals surface area contributed by atoms with Crippen molar-refractivity contribution < 1.29 is 0 Å². The molecule has 0 aromatic heterocycles. The summed E-state index contributed by atoms with van der Waals surface area (Å²) >= 11 is 0. The zero-order valence-corrected chi connectivity index (χ0v) is 12.3. The maximum absolute atomic E-state index is 3.93. The van der Waals surface area contributed by atoms with E-state index in [0.717, 1.165) is 0 Å². The van der Waals surface area contributed by atoms with Gasteiger partial charge in [0.1, 0.15) is 0 Å². The Morgan fingerprint density at radius 1 is 0.762 bits per heavy atom. The van der Waals surface area contributed by atoms with Gasteiger partial charge in [0.15, 0.2) is 0 Å². The number of anilines is 1. The molecule has 1 aliphatic carbocycles. The van der Waals surface area contributed by atoms with E-state index in [1.165, 1.54) is 42.5 Å². The van der Waals surface area contributed by atoms with Crippen LogP contribution < -0.4 is 10.6 Å². The minimum atomic E-state index is 0.294. The number of para-hydroxylation sites is 1. The van der Waals surface area contributed by atoms with Crippen LogP contribution in [0.1, 0.15) is 42.9 Å². The Labute approximate surface area is 126 Å². The van der Waals surface area contributed by atoms with Crippen molar-refractivity contribution >= 4 is 5.69 Å². The minimum absolute atomic E-state index is 0.294. The van der Waals surface area contributed by atoms with Gasteiger partial charge in [0.2, 0.25) is 0 Å². The van der Waals surface area contributed by atoms with Gasteiger partial charge in [-0.05, 0) is 30.0 Å². The summed E-state index contributed by atoms with van der Waals surface area (Å²) in [7, 11) is 0. The van der Waals surface area contributed by atoms with Crippen LogP contribution in [0.25, 0.3) is 0 Å². The third-order valence-corrected chi connectivity index (χ3v) is 4.89. The van der Waals surface area contributed by atoms with E-state index < -0.39 is 0 Å². The maximum Gasteiger partial charge on any atom is 0.0600 e. The average Bonchev–Trinajstić information content (AvgIpc) is 2.72. The third kappa shape index (κ3) is 2.44. The van der Waals surface area contributed by atoms with Crippen LogP contribution in [0.3, 0.4) is 0 Å². The smallest absolute Gasteiger partial charge is 0.0600 e. The molecule has 0 saturated heterocycles. The van der Waals surface area contributed by atoms with Gasteiger partial charge in [-0.15, -0.1) is 0 Å². The first-order valence-electron chi connectivity index (χ1n) is 8.08. The number of rotatable bonds is 1. The second-order valence-electron chi connectivity index (χ2n) is 6.24. The highest BCUT2D eigenvalue weighted by Gasteiger charge is 2.32. The first kappa shape index (κ1) is 12.9. The van der Waals surface area contributed by atoms with Gasteiger partial charge >= 0.3 is 0 Å². The normalized spacial score (nSPS) is 27.9. The van der Waals surface area contributed by atoms with E-state index in [1.807, 2.05) is 0 Å². The molecular formula is C19H22N2. The zero-order chi connectivity index (χ0) is 14.1. The van der Waals surface area contributed by atoms with Crippen LogP contribution in [0.2, 0.25) is 0 Å². The van der Waals surface area contributed by atoms with Crippen LogP contribution in [0.15, 0.2) is 54.6 Å². The molecule has 2 N–H and O–H groups in total. The van der Waals surface area contributed by atoms with Crippen LogP contribution in [-0.2, 0) is 0 Å². The molecule has 0 spiro atoms. The summed E-state index contributed by atoms with van der Waals surface area (Å²) in [5.74, 6) is 0. The van der Waals surface area contributed by atoms with Gasteiger partial charge in [-0.3, -0.25) is 0 Å². The van der Waals surface area contributed by atoms with Crippen molar-refractivity contribution in [1.29, 1.82) is 0 Å². The topological polar surface area (TPSA) is 24.1 Å². The fourth-order valence-corrected chi connectivity index (χ4v) is 3.81. The maximum atomic E-state index is 3.93. The molecule has 0 bridgehead atoms. The number of nitrogens with one attached hydrogen (secondary N) is 2. The van der Waals surface area contributed by atoms with E-state index >= 15 is 0 Å². The minimum Gasteiger partial charge on any atom is -0.380 e. The van der Waals surface area contributed by atoms with E-state index in [1.54, 1.807) is 0 Å². The average molecular weight is 278 g/mol. The Kier molecular flexibility index (Phi) is 3.40. The first-order valence-corrected chi connectivity index (χ1v) is 8.08. The van der Waals surface area contributed by atoms with Gasteiger partial charge in [-0.25, -0.2) is 0 Å². The summed E-state index contributed by atoms with van der Waals surface area (Å²) in [6.45, 7) is 0. The van der Waals surface area contributed by atoms with Crippen LogP contribution >= 0.6 is 0 Å². The molecule has 2 heteroatoms. The Bertz CT molecular complexity index is 608. The van der Waals surface area contributed by atoms with E-state index in [2.05, 4.69) is 65.2 Å². The van der Waals surface area contributed by atoms with Gasteiger partial charge < -0.3 is 10.6 Å². The lowest BCUT2D eigenvalue weighted by atomic mass is 9.89. The second kappa shape index (κ2) is 5.53. The molecule has 1 heterocycles. The molecule has 1 saturated carbocycles. The van der Waals surface area contributed by atoms with Crippen molar-refractivity contribution in [3.8, 4) is 0 Å². The molecule has 2 aliphatic rings. The molecule has 1 fully saturated rings. The zero-order valence-electron chi connectivity index (χ0n) is 12.3. The molecule has 108 valence electrons. The summed E-state index contributed by atoms with van der Waals surface area (Å²) in [6, 6.07) is 21.0. The van der Waals surface area contributed by atoms with Gasteiger partial charge in [0, 0.05) is 17.8 Å². The second-order valence-corrected chi connectivity index (χ2v) is 6.24. The molecule has 4 rings (SSSR count). The third-order valence-electron chi connectivity index (χ3n) is 4.89. The van der Waals surface area contributed by atoms with E-state index in [4.69, 9.17) is 0 Å². The number of fused-ring (bicyclic) bond motifs is 2. The molecular weight excluding hydrogens is 256 g/mol. The molecule has 21 heavy (non-hydrogen) atoms. The fraction of sp³-hybridized carbons (Fsp3) is 0.368. The first-order chi connectivity index (χ1) is 10.4. The quantitative estimate of drug-likeness (QED) is 0.820. The van der Waals surface area contributed by atoms with E-state index in [0.29, 0.717) is 18.1 Å². The molecule has 1 aliphatic heterocycles. The predicted molar refractivity (Wildman–Crippen MR) is 87.5 cm³/mol. The molecule has 2 aromatic carbocycles. The predicted octanol–water partition coefficient (Wildman–Crippen LogP) is 4.10. The highest BCUT2D eigenvalue weighted by Crippen LogP contribution is 2.35. The SMILES string of the molecule is c1ccc([C@@H]2N[C@H]3CCCC[C@@H]3Nc3ccccc32)cc1. The Morgan fingerprint density at radius 2 is 1.48 bits per heavy atom. The number of hydrogen-bond donors (Lipinski definition) is 2. The lowest BCUT2D eigenvalue weighted by Crippen LogP contribution is -2.45. The van der Waals surface area contributed by atoms with Crippen molar-refractivity contribution in [2.75, 3.05) is 5.32 Å². The largest absolute Gasteiger partial charge is 0.380 e. The number of hydrogen-bond acceptors (Lipinski definition) is 2. The molecule has 0 unspecified atom stereocenters. The highest BCUT2D eigenvalue weighted by atomic mass is 15.1. The van der Waals surface area contributed by atoms with Gasteiger partial charge in [0.05, 0.1) is 6.04 Å². The summed E-state index contributed by atoms with van der Waals surface area (Å²) in [5.41, 5.74) is 4.03. The van der Waals surface area contributed by atoms with Crippen molar-refractivity contribution in [1.82, 2.24) is 5.32 Å². The monoisotopic (exact) mass is 278 g/mol. The number of benzene rings is 2. The van der Waals surface area contributed by atoms with Gasteiger partial charge in [-0.1, -0.05) is 61.4 Å².